The fourth-order valence-corrected chi connectivity index (χ4v) is 2.92. The SMILES string of the molecule is Cc1c(N)cccc1CN1C(=O)NC2(CCOCC2)C1=O. The van der Waals surface area contributed by atoms with Crippen molar-refractivity contribution >= 4 is 17.6 Å². The summed E-state index contributed by atoms with van der Waals surface area (Å²) in [6, 6.07) is 5.20. The molecule has 0 atom stereocenters. The molecule has 2 aliphatic rings. The highest BCUT2D eigenvalue weighted by atomic mass is 16.5. The van der Waals surface area contributed by atoms with Gasteiger partial charge >= 0.3 is 6.03 Å². The molecule has 2 aliphatic heterocycles. The zero-order valence-corrected chi connectivity index (χ0v) is 12.0. The molecular weight excluding hydrogens is 270 g/mol. The number of nitrogens with one attached hydrogen (secondary N) is 1. The maximum absolute atomic E-state index is 12.6. The average Bonchev–Trinajstić information content (AvgIpc) is 2.69. The molecule has 1 spiro atoms. The van der Waals surface area contributed by atoms with Crippen LogP contribution in [-0.4, -0.2) is 35.6 Å². The third-order valence-electron chi connectivity index (χ3n) is 4.41. The fraction of sp³-hybridized carbons (Fsp3) is 0.467. The Bertz CT molecular complexity index is 594. The summed E-state index contributed by atoms with van der Waals surface area (Å²) in [5.74, 6) is -0.155. The molecule has 0 bridgehead atoms. The molecule has 0 aromatic heterocycles. The number of anilines is 1. The van der Waals surface area contributed by atoms with E-state index in [2.05, 4.69) is 5.32 Å². The summed E-state index contributed by atoms with van der Waals surface area (Å²) < 4.78 is 5.29. The highest BCUT2D eigenvalue weighted by Gasteiger charge is 2.51. The summed E-state index contributed by atoms with van der Waals surface area (Å²) >= 11 is 0. The van der Waals surface area contributed by atoms with Crippen LogP contribution in [0, 0.1) is 6.92 Å². The number of hydrogen-bond acceptors (Lipinski definition) is 4. The molecule has 3 amide bonds. The van der Waals surface area contributed by atoms with E-state index < -0.39 is 5.54 Å². The van der Waals surface area contributed by atoms with Gasteiger partial charge in [-0.25, -0.2) is 4.79 Å². The van der Waals surface area contributed by atoms with Crippen molar-refractivity contribution in [3.63, 3.8) is 0 Å². The molecule has 0 unspecified atom stereocenters. The lowest BCUT2D eigenvalue weighted by Crippen LogP contribution is -2.51. The van der Waals surface area contributed by atoms with Crippen molar-refractivity contribution in [2.45, 2.75) is 31.8 Å². The second kappa shape index (κ2) is 5.04. The van der Waals surface area contributed by atoms with Crippen LogP contribution in [0.4, 0.5) is 10.5 Å². The van der Waals surface area contributed by atoms with Crippen molar-refractivity contribution in [2.24, 2.45) is 0 Å². The van der Waals surface area contributed by atoms with Crippen molar-refractivity contribution in [2.75, 3.05) is 18.9 Å². The van der Waals surface area contributed by atoms with E-state index in [0.29, 0.717) is 31.7 Å². The minimum atomic E-state index is -0.774. The van der Waals surface area contributed by atoms with Crippen LogP contribution in [0.15, 0.2) is 18.2 Å². The van der Waals surface area contributed by atoms with Crippen LogP contribution in [0.1, 0.15) is 24.0 Å². The molecule has 3 N–H and O–H groups in total. The third kappa shape index (κ3) is 2.25. The van der Waals surface area contributed by atoms with E-state index >= 15 is 0 Å². The molecular formula is C15H19N3O3. The number of imide groups is 1. The molecule has 21 heavy (non-hydrogen) atoms. The molecule has 1 aromatic rings. The predicted molar refractivity (Wildman–Crippen MR) is 77.5 cm³/mol. The van der Waals surface area contributed by atoms with Crippen LogP contribution >= 0.6 is 0 Å². The number of hydrogen-bond donors (Lipinski definition) is 2. The normalized spacial score (nSPS) is 20.9. The molecule has 2 fully saturated rings. The molecule has 6 heteroatoms. The Labute approximate surface area is 123 Å². The first-order chi connectivity index (χ1) is 10.0. The number of urea groups is 1. The molecule has 0 aliphatic carbocycles. The maximum Gasteiger partial charge on any atom is 0.325 e. The lowest BCUT2D eigenvalue weighted by molar-refractivity contribution is -0.134. The van der Waals surface area contributed by atoms with Gasteiger partial charge in [-0.05, 0) is 24.1 Å². The smallest absolute Gasteiger partial charge is 0.325 e. The summed E-state index contributed by atoms with van der Waals surface area (Å²) in [6.07, 6.45) is 1.06. The zero-order valence-electron chi connectivity index (χ0n) is 12.0. The summed E-state index contributed by atoms with van der Waals surface area (Å²) in [6.45, 7) is 3.14. The standard InChI is InChI=1S/C15H19N3O3/c1-10-11(3-2-4-12(10)16)9-18-13(19)15(17-14(18)20)5-7-21-8-6-15/h2-4H,5-9,16H2,1H3,(H,17,20). The predicted octanol–water partition coefficient (Wildman–Crippen LogP) is 1.18. The summed E-state index contributed by atoms with van der Waals surface area (Å²) in [5, 5.41) is 2.85. The number of nitrogens with two attached hydrogens (primary N) is 1. The lowest BCUT2D eigenvalue weighted by Gasteiger charge is -2.30. The Kier molecular flexibility index (Phi) is 3.33. The first-order valence-corrected chi connectivity index (χ1v) is 7.09. The van der Waals surface area contributed by atoms with Gasteiger partial charge in [-0.1, -0.05) is 12.1 Å². The Hall–Kier alpha value is -2.08. The number of amides is 3. The second-order valence-electron chi connectivity index (χ2n) is 5.65. The Morgan fingerprint density at radius 3 is 2.76 bits per heavy atom. The van der Waals surface area contributed by atoms with E-state index in [0.717, 1.165) is 11.1 Å². The minimum Gasteiger partial charge on any atom is -0.399 e. The van der Waals surface area contributed by atoms with Gasteiger partial charge in [0.15, 0.2) is 0 Å². The van der Waals surface area contributed by atoms with Gasteiger partial charge in [-0.2, -0.15) is 0 Å². The van der Waals surface area contributed by atoms with Gasteiger partial charge < -0.3 is 15.8 Å². The van der Waals surface area contributed by atoms with E-state index in [1.165, 1.54) is 4.90 Å². The van der Waals surface area contributed by atoms with Crippen LogP contribution in [0.25, 0.3) is 0 Å². The van der Waals surface area contributed by atoms with Gasteiger partial charge in [0.05, 0.1) is 6.54 Å². The molecule has 112 valence electrons. The first kappa shape index (κ1) is 13.9. The quantitative estimate of drug-likeness (QED) is 0.632. The topological polar surface area (TPSA) is 84.7 Å². The molecule has 1 aromatic carbocycles. The Morgan fingerprint density at radius 1 is 1.33 bits per heavy atom. The number of carbonyl (C=O) groups is 2. The highest BCUT2D eigenvalue weighted by molar-refractivity contribution is 6.07. The lowest BCUT2D eigenvalue weighted by atomic mass is 9.90. The number of nitrogen functional groups attached to an aromatic ring is 1. The molecule has 0 radical (unpaired) electrons. The zero-order chi connectivity index (χ0) is 15.0. The molecule has 2 saturated heterocycles. The fourth-order valence-electron chi connectivity index (χ4n) is 2.92. The van der Waals surface area contributed by atoms with Gasteiger partial charge in [0.2, 0.25) is 0 Å². The number of nitrogens with zero attached hydrogens (tertiary/aromatic N) is 1. The number of ether oxygens (including phenoxy) is 1. The van der Waals surface area contributed by atoms with Gasteiger partial charge in [-0.15, -0.1) is 0 Å². The van der Waals surface area contributed by atoms with Crippen molar-refractivity contribution in [3.05, 3.63) is 29.3 Å². The summed E-state index contributed by atoms with van der Waals surface area (Å²) in [5.41, 5.74) is 7.57. The average molecular weight is 289 g/mol. The molecule has 3 rings (SSSR count). The van der Waals surface area contributed by atoms with Crippen molar-refractivity contribution < 1.29 is 14.3 Å². The van der Waals surface area contributed by atoms with Gasteiger partial charge in [0.1, 0.15) is 5.54 Å². The first-order valence-electron chi connectivity index (χ1n) is 7.09. The summed E-state index contributed by atoms with van der Waals surface area (Å²) in [7, 11) is 0. The van der Waals surface area contributed by atoms with Crippen LogP contribution < -0.4 is 11.1 Å². The van der Waals surface area contributed by atoms with Crippen molar-refractivity contribution in [1.29, 1.82) is 0 Å². The number of rotatable bonds is 2. The number of benzene rings is 1. The molecule has 2 heterocycles. The third-order valence-corrected chi connectivity index (χ3v) is 4.41. The maximum atomic E-state index is 12.6. The van der Waals surface area contributed by atoms with Gasteiger partial charge in [-0.3, -0.25) is 9.69 Å². The van der Waals surface area contributed by atoms with E-state index in [4.69, 9.17) is 10.5 Å². The van der Waals surface area contributed by atoms with E-state index in [1.807, 2.05) is 25.1 Å². The summed E-state index contributed by atoms with van der Waals surface area (Å²) in [4.78, 5) is 26.1. The van der Waals surface area contributed by atoms with Crippen LogP contribution in [0.3, 0.4) is 0 Å². The van der Waals surface area contributed by atoms with Gasteiger partial charge in [0.25, 0.3) is 5.91 Å². The Balaban J connectivity index is 1.84. The van der Waals surface area contributed by atoms with Crippen LogP contribution in [-0.2, 0) is 16.1 Å². The second-order valence-corrected chi connectivity index (χ2v) is 5.65. The number of carbonyl (C=O) groups excluding carboxylic acids is 2. The van der Waals surface area contributed by atoms with E-state index in [-0.39, 0.29) is 18.5 Å². The van der Waals surface area contributed by atoms with Crippen LogP contribution in [0.2, 0.25) is 0 Å². The van der Waals surface area contributed by atoms with E-state index in [1.54, 1.807) is 0 Å². The van der Waals surface area contributed by atoms with Crippen molar-refractivity contribution in [1.82, 2.24) is 10.2 Å². The van der Waals surface area contributed by atoms with Gasteiger partial charge in [0, 0.05) is 31.7 Å². The molecule has 0 saturated carbocycles. The van der Waals surface area contributed by atoms with Crippen LogP contribution in [0.5, 0.6) is 0 Å². The minimum absolute atomic E-state index is 0.155. The highest BCUT2D eigenvalue weighted by Crippen LogP contribution is 2.30. The Morgan fingerprint density at radius 2 is 2.05 bits per heavy atom. The molecule has 6 nitrogen and oxygen atoms in total. The largest absolute Gasteiger partial charge is 0.399 e. The monoisotopic (exact) mass is 289 g/mol. The van der Waals surface area contributed by atoms with E-state index in [9.17, 15) is 9.59 Å². The van der Waals surface area contributed by atoms with Crippen molar-refractivity contribution in [3.8, 4) is 0 Å².